The number of aliphatic hydroxyl groups is 3. The van der Waals surface area contributed by atoms with Crippen molar-refractivity contribution in [3.05, 3.63) is 23.7 Å². The van der Waals surface area contributed by atoms with Crippen LogP contribution in [0.3, 0.4) is 0 Å². The first kappa shape index (κ1) is 13.8. The number of fused-ring (bicyclic) bond motifs is 1. The third-order valence-electron chi connectivity index (χ3n) is 4.28. The second-order valence-corrected chi connectivity index (χ2v) is 5.85. The normalized spacial score (nSPS) is 34.0. The van der Waals surface area contributed by atoms with Gasteiger partial charge in [0.05, 0.1) is 17.5 Å². The molecule has 7 heteroatoms. The molecule has 0 spiro atoms. The van der Waals surface area contributed by atoms with E-state index in [9.17, 15) is 15.3 Å². The van der Waals surface area contributed by atoms with Gasteiger partial charge in [-0.2, -0.15) is 0 Å². The van der Waals surface area contributed by atoms with Crippen molar-refractivity contribution in [2.45, 2.75) is 31.1 Å². The Balaban J connectivity index is 2.10. The summed E-state index contributed by atoms with van der Waals surface area (Å²) in [4.78, 5) is 8.12. The van der Waals surface area contributed by atoms with E-state index in [0.717, 1.165) is 0 Å². The third-order valence-corrected chi connectivity index (χ3v) is 4.58. The zero-order valence-electron chi connectivity index (χ0n) is 10.9. The molecule has 2 heterocycles. The number of rotatable bonds is 2. The van der Waals surface area contributed by atoms with E-state index in [1.807, 2.05) is 0 Å². The molecule has 6 nitrogen and oxygen atoms in total. The van der Waals surface area contributed by atoms with E-state index in [1.165, 1.54) is 6.33 Å². The molecule has 20 heavy (non-hydrogen) atoms. The van der Waals surface area contributed by atoms with Crippen LogP contribution in [0.4, 0.5) is 0 Å². The van der Waals surface area contributed by atoms with Crippen molar-refractivity contribution in [2.75, 3.05) is 6.61 Å². The maximum Gasteiger partial charge on any atom is 0.145 e. The third kappa shape index (κ3) is 1.83. The summed E-state index contributed by atoms with van der Waals surface area (Å²) >= 11 is 6.02. The Hall–Kier alpha value is -1.21. The second-order valence-electron chi connectivity index (χ2n) is 5.49. The Bertz CT molecular complexity index is 643. The number of nitrogens with zero attached hydrogens (tertiary/aromatic N) is 3. The van der Waals surface area contributed by atoms with Crippen molar-refractivity contribution >= 4 is 22.6 Å². The van der Waals surface area contributed by atoms with Gasteiger partial charge in [-0.25, -0.2) is 9.97 Å². The standard InChI is InChI=1S/C13H16ClN3O3/c1-13(20)9(4-7(5-18)10(13)19)17-3-2-8-11(14)15-6-16-12(8)17/h2-3,6-7,9-10,18-20H,4-5H2,1H3/t7-,9-,10-,13-/m1/s1. The predicted octanol–water partition coefficient (Wildman–Crippen LogP) is 0.750. The van der Waals surface area contributed by atoms with Crippen LogP contribution in [0.1, 0.15) is 19.4 Å². The van der Waals surface area contributed by atoms with Crippen LogP contribution in [0.5, 0.6) is 0 Å². The highest BCUT2D eigenvalue weighted by atomic mass is 35.5. The Morgan fingerprint density at radius 3 is 2.90 bits per heavy atom. The molecule has 2 aromatic heterocycles. The number of hydrogen-bond acceptors (Lipinski definition) is 5. The van der Waals surface area contributed by atoms with Crippen LogP contribution in [0.25, 0.3) is 11.0 Å². The number of aromatic nitrogens is 3. The quantitative estimate of drug-likeness (QED) is 0.712. The summed E-state index contributed by atoms with van der Waals surface area (Å²) in [7, 11) is 0. The summed E-state index contributed by atoms with van der Waals surface area (Å²) in [5, 5.41) is 31.1. The molecular formula is C13H16ClN3O3. The summed E-state index contributed by atoms with van der Waals surface area (Å²) in [5.41, 5.74) is -0.724. The van der Waals surface area contributed by atoms with E-state index in [-0.39, 0.29) is 18.6 Å². The van der Waals surface area contributed by atoms with Crippen LogP contribution in [-0.4, -0.2) is 48.2 Å². The molecular weight excluding hydrogens is 282 g/mol. The second kappa shape index (κ2) is 4.66. The van der Waals surface area contributed by atoms with Gasteiger partial charge >= 0.3 is 0 Å². The molecule has 0 aromatic carbocycles. The SMILES string of the molecule is C[C@]1(O)[C@H](O)[C@@H](CO)C[C@H]1n1ccc2c(Cl)ncnc21. The fourth-order valence-electron chi connectivity index (χ4n) is 3.09. The van der Waals surface area contributed by atoms with Crippen LogP contribution in [0, 0.1) is 5.92 Å². The van der Waals surface area contributed by atoms with Gasteiger partial charge in [0.25, 0.3) is 0 Å². The number of halogens is 1. The topological polar surface area (TPSA) is 91.4 Å². The van der Waals surface area contributed by atoms with Gasteiger partial charge in [0.2, 0.25) is 0 Å². The first-order valence-corrected chi connectivity index (χ1v) is 6.83. The summed E-state index contributed by atoms with van der Waals surface area (Å²) in [6.45, 7) is 1.41. The fourth-order valence-corrected chi connectivity index (χ4v) is 3.28. The van der Waals surface area contributed by atoms with Gasteiger partial charge in [0.15, 0.2) is 0 Å². The van der Waals surface area contributed by atoms with Crippen LogP contribution in [0.2, 0.25) is 5.15 Å². The van der Waals surface area contributed by atoms with E-state index < -0.39 is 11.7 Å². The van der Waals surface area contributed by atoms with Crippen LogP contribution in [0.15, 0.2) is 18.6 Å². The molecule has 1 aliphatic carbocycles. The van der Waals surface area contributed by atoms with E-state index in [4.69, 9.17) is 11.6 Å². The zero-order valence-corrected chi connectivity index (χ0v) is 11.7. The van der Waals surface area contributed by atoms with Crippen molar-refractivity contribution in [3.8, 4) is 0 Å². The molecule has 3 rings (SSSR count). The molecule has 4 atom stereocenters. The minimum Gasteiger partial charge on any atom is -0.396 e. The summed E-state index contributed by atoms with van der Waals surface area (Å²) < 4.78 is 1.79. The maximum atomic E-state index is 10.6. The first-order chi connectivity index (χ1) is 9.46. The Labute approximate surface area is 120 Å². The molecule has 108 valence electrons. The van der Waals surface area contributed by atoms with Crippen molar-refractivity contribution in [1.29, 1.82) is 0 Å². The number of hydrogen-bond donors (Lipinski definition) is 3. The Morgan fingerprint density at radius 2 is 2.25 bits per heavy atom. The van der Waals surface area contributed by atoms with Crippen molar-refractivity contribution in [2.24, 2.45) is 5.92 Å². The van der Waals surface area contributed by atoms with Gasteiger partial charge in [-0.3, -0.25) is 0 Å². The average Bonchev–Trinajstić information content (AvgIpc) is 2.92. The van der Waals surface area contributed by atoms with Crippen molar-refractivity contribution < 1.29 is 15.3 Å². The van der Waals surface area contributed by atoms with Gasteiger partial charge in [0, 0.05) is 18.7 Å². The van der Waals surface area contributed by atoms with E-state index in [0.29, 0.717) is 22.6 Å². The lowest BCUT2D eigenvalue weighted by Crippen LogP contribution is -2.42. The monoisotopic (exact) mass is 297 g/mol. The molecule has 0 bridgehead atoms. The molecule has 1 fully saturated rings. The Morgan fingerprint density at radius 1 is 1.50 bits per heavy atom. The van der Waals surface area contributed by atoms with Crippen LogP contribution < -0.4 is 0 Å². The molecule has 1 saturated carbocycles. The maximum absolute atomic E-state index is 10.6. The van der Waals surface area contributed by atoms with Crippen molar-refractivity contribution in [3.63, 3.8) is 0 Å². The molecule has 1 aliphatic rings. The molecule has 0 aliphatic heterocycles. The first-order valence-electron chi connectivity index (χ1n) is 6.45. The fraction of sp³-hybridized carbons (Fsp3) is 0.538. The lowest BCUT2D eigenvalue weighted by Gasteiger charge is -2.30. The largest absolute Gasteiger partial charge is 0.396 e. The highest BCUT2D eigenvalue weighted by Gasteiger charge is 2.51. The van der Waals surface area contributed by atoms with E-state index in [1.54, 1.807) is 23.8 Å². The van der Waals surface area contributed by atoms with Gasteiger partial charge in [0.1, 0.15) is 22.7 Å². The van der Waals surface area contributed by atoms with Gasteiger partial charge in [-0.1, -0.05) is 11.6 Å². The summed E-state index contributed by atoms with van der Waals surface area (Å²) in [6, 6.07) is 1.41. The average molecular weight is 298 g/mol. The zero-order chi connectivity index (χ0) is 14.5. The van der Waals surface area contributed by atoms with Crippen LogP contribution >= 0.6 is 11.6 Å². The van der Waals surface area contributed by atoms with Gasteiger partial charge < -0.3 is 19.9 Å². The Kier molecular flexibility index (Phi) is 3.21. The number of aliphatic hydroxyl groups excluding tert-OH is 2. The lowest BCUT2D eigenvalue weighted by atomic mass is 9.96. The van der Waals surface area contributed by atoms with Crippen LogP contribution in [-0.2, 0) is 0 Å². The summed E-state index contributed by atoms with van der Waals surface area (Å²) in [6.07, 6.45) is 2.63. The molecule has 3 N–H and O–H groups in total. The lowest BCUT2D eigenvalue weighted by molar-refractivity contribution is -0.0776. The van der Waals surface area contributed by atoms with E-state index >= 15 is 0 Å². The predicted molar refractivity (Wildman–Crippen MR) is 73.4 cm³/mol. The molecule has 0 unspecified atom stereocenters. The molecule has 0 radical (unpaired) electrons. The molecule has 2 aromatic rings. The minimum absolute atomic E-state index is 0.164. The minimum atomic E-state index is -1.34. The summed E-state index contributed by atoms with van der Waals surface area (Å²) in [5.74, 6) is -0.357. The van der Waals surface area contributed by atoms with Gasteiger partial charge in [-0.05, 0) is 19.4 Å². The molecule has 0 saturated heterocycles. The van der Waals surface area contributed by atoms with E-state index in [2.05, 4.69) is 9.97 Å². The van der Waals surface area contributed by atoms with Crippen molar-refractivity contribution in [1.82, 2.24) is 14.5 Å². The smallest absolute Gasteiger partial charge is 0.145 e. The highest BCUT2D eigenvalue weighted by molar-refractivity contribution is 6.33. The molecule has 0 amide bonds. The highest BCUT2D eigenvalue weighted by Crippen LogP contribution is 2.44. The van der Waals surface area contributed by atoms with Gasteiger partial charge in [-0.15, -0.1) is 0 Å².